The molecule has 0 spiro atoms. The van der Waals surface area contributed by atoms with E-state index >= 15 is 0 Å². The van der Waals surface area contributed by atoms with Crippen molar-refractivity contribution >= 4 is 17.5 Å². The number of hydrogen-bond acceptors (Lipinski definition) is 6. The zero-order valence-corrected chi connectivity index (χ0v) is 15.2. The van der Waals surface area contributed by atoms with Crippen LogP contribution in [0.5, 0.6) is 0 Å². The van der Waals surface area contributed by atoms with E-state index in [0.717, 1.165) is 55.4 Å². The zero-order chi connectivity index (χ0) is 18.6. The van der Waals surface area contributed by atoms with E-state index in [-0.39, 0.29) is 12.3 Å². The zero-order valence-electron chi connectivity index (χ0n) is 15.2. The maximum Gasteiger partial charge on any atom is 0.236 e. The highest BCUT2D eigenvalue weighted by atomic mass is 16.2. The summed E-state index contributed by atoms with van der Waals surface area (Å²) >= 11 is 0. The SMILES string of the molecule is N#CCC(=O)N1CCCN(c2cccc(-c3ccnc4c3CCN4)n2)CC1. The first-order valence-electron chi connectivity index (χ1n) is 9.35. The van der Waals surface area contributed by atoms with Crippen molar-refractivity contribution in [2.24, 2.45) is 0 Å². The molecule has 0 unspecified atom stereocenters. The highest BCUT2D eigenvalue weighted by Crippen LogP contribution is 2.31. The van der Waals surface area contributed by atoms with Gasteiger partial charge in [-0.15, -0.1) is 0 Å². The van der Waals surface area contributed by atoms with Gasteiger partial charge < -0.3 is 15.1 Å². The average molecular weight is 362 g/mol. The van der Waals surface area contributed by atoms with E-state index < -0.39 is 0 Å². The molecule has 7 nitrogen and oxygen atoms in total. The highest BCUT2D eigenvalue weighted by molar-refractivity contribution is 5.78. The van der Waals surface area contributed by atoms with Gasteiger partial charge in [0.1, 0.15) is 18.1 Å². The minimum Gasteiger partial charge on any atom is -0.369 e. The van der Waals surface area contributed by atoms with Gasteiger partial charge in [-0.25, -0.2) is 9.97 Å². The summed E-state index contributed by atoms with van der Waals surface area (Å²) in [4.78, 5) is 25.3. The number of anilines is 2. The minimum atomic E-state index is -0.0825. The quantitative estimate of drug-likeness (QED) is 0.900. The van der Waals surface area contributed by atoms with Crippen LogP contribution in [0.1, 0.15) is 18.4 Å². The molecule has 2 aromatic rings. The van der Waals surface area contributed by atoms with E-state index in [1.807, 2.05) is 36.5 Å². The molecule has 1 amide bonds. The molecule has 2 aliphatic rings. The molecule has 0 bridgehead atoms. The van der Waals surface area contributed by atoms with Crippen molar-refractivity contribution in [2.75, 3.05) is 42.9 Å². The molecule has 7 heteroatoms. The number of fused-ring (bicyclic) bond motifs is 1. The fraction of sp³-hybridized carbons (Fsp3) is 0.400. The van der Waals surface area contributed by atoms with Crippen LogP contribution in [0.25, 0.3) is 11.3 Å². The van der Waals surface area contributed by atoms with Gasteiger partial charge in [0.25, 0.3) is 0 Å². The van der Waals surface area contributed by atoms with Crippen LogP contribution in [0.15, 0.2) is 30.5 Å². The van der Waals surface area contributed by atoms with Crippen LogP contribution in [-0.4, -0.2) is 53.5 Å². The third-order valence-electron chi connectivity index (χ3n) is 5.14. The first kappa shape index (κ1) is 17.3. The summed E-state index contributed by atoms with van der Waals surface area (Å²) in [5.41, 5.74) is 3.32. The first-order chi connectivity index (χ1) is 13.3. The van der Waals surface area contributed by atoms with Gasteiger partial charge in [-0.1, -0.05) is 6.07 Å². The molecule has 0 aliphatic carbocycles. The number of amides is 1. The van der Waals surface area contributed by atoms with Crippen LogP contribution < -0.4 is 10.2 Å². The Hall–Kier alpha value is -3.14. The van der Waals surface area contributed by atoms with Gasteiger partial charge >= 0.3 is 0 Å². The van der Waals surface area contributed by atoms with Crippen molar-refractivity contribution in [3.8, 4) is 17.3 Å². The summed E-state index contributed by atoms with van der Waals surface area (Å²) < 4.78 is 0. The number of rotatable bonds is 3. The first-order valence-corrected chi connectivity index (χ1v) is 9.35. The maximum atomic E-state index is 12.0. The summed E-state index contributed by atoms with van der Waals surface area (Å²) in [6, 6.07) is 10.1. The van der Waals surface area contributed by atoms with Gasteiger partial charge in [0.2, 0.25) is 5.91 Å². The van der Waals surface area contributed by atoms with E-state index in [2.05, 4.69) is 15.2 Å². The molecule has 2 aliphatic heterocycles. The summed E-state index contributed by atoms with van der Waals surface area (Å²) in [5, 5.41) is 12.1. The van der Waals surface area contributed by atoms with E-state index in [0.29, 0.717) is 13.1 Å². The number of nitriles is 1. The van der Waals surface area contributed by atoms with Crippen molar-refractivity contribution in [3.05, 3.63) is 36.0 Å². The predicted octanol–water partition coefficient (Wildman–Crippen LogP) is 2.06. The number of hydrogen-bond donors (Lipinski definition) is 1. The second kappa shape index (κ2) is 7.62. The van der Waals surface area contributed by atoms with Crippen LogP contribution in [0.2, 0.25) is 0 Å². The third kappa shape index (κ3) is 3.56. The van der Waals surface area contributed by atoms with Gasteiger partial charge in [0.15, 0.2) is 0 Å². The Morgan fingerprint density at radius 3 is 3.04 bits per heavy atom. The Labute approximate surface area is 158 Å². The van der Waals surface area contributed by atoms with Crippen LogP contribution in [0.4, 0.5) is 11.6 Å². The lowest BCUT2D eigenvalue weighted by molar-refractivity contribution is -0.129. The Morgan fingerprint density at radius 2 is 2.15 bits per heavy atom. The Bertz CT molecular complexity index is 890. The van der Waals surface area contributed by atoms with Crippen LogP contribution in [0, 0.1) is 11.3 Å². The molecule has 1 fully saturated rings. The van der Waals surface area contributed by atoms with Gasteiger partial charge in [-0.05, 0) is 31.0 Å². The van der Waals surface area contributed by atoms with Crippen LogP contribution in [0.3, 0.4) is 0 Å². The predicted molar refractivity (Wildman–Crippen MR) is 103 cm³/mol. The molecular weight excluding hydrogens is 340 g/mol. The molecule has 27 heavy (non-hydrogen) atoms. The third-order valence-corrected chi connectivity index (χ3v) is 5.14. The molecule has 2 aromatic heterocycles. The summed E-state index contributed by atoms with van der Waals surface area (Å²) in [7, 11) is 0. The molecule has 4 rings (SSSR count). The van der Waals surface area contributed by atoms with Crippen LogP contribution >= 0.6 is 0 Å². The lowest BCUT2D eigenvalue weighted by atomic mass is 10.0. The van der Waals surface area contributed by atoms with Crippen molar-refractivity contribution in [3.63, 3.8) is 0 Å². The largest absolute Gasteiger partial charge is 0.369 e. The molecule has 1 N–H and O–H groups in total. The van der Waals surface area contributed by atoms with E-state index in [1.165, 1.54) is 5.56 Å². The molecule has 0 saturated carbocycles. The topological polar surface area (TPSA) is 85.2 Å². The number of nitrogens with zero attached hydrogens (tertiary/aromatic N) is 5. The van der Waals surface area contributed by atoms with Crippen molar-refractivity contribution in [2.45, 2.75) is 19.3 Å². The Kier molecular flexibility index (Phi) is 4.88. The van der Waals surface area contributed by atoms with Gasteiger partial charge in [0.05, 0.1) is 11.8 Å². The van der Waals surface area contributed by atoms with E-state index in [1.54, 1.807) is 4.90 Å². The average Bonchev–Trinajstić information content (AvgIpc) is 3.04. The Balaban J connectivity index is 1.54. The summed E-state index contributed by atoms with van der Waals surface area (Å²) in [6.45, 7) is 3.81. The molecule has 138 valence electrons. The standard InChI is InChI=1S/C20H22N6O/c21-8-5-19(27)26-12-2-11-25(13-14-26)18-4-1-3-17(24-18)15-6-9-22-20-16(15)7-10-23-20/h1,3-4,6,9H,2,5,7,10-14H2,(H,22,23). The van der Waals surface area contributed by atoms with Crippen molar-refractivity contribution in [1.82, 2.24) is 14.9 Å². The van der Waals surface area contributed by atoms with Crippen molar-refractivity contribution < 1.29 is 4.79 Å². The summed E-state index contributed by atoms with van der Waals surface area (Å²) in [5.74, 6) is 1.81. The van der Waals surface area contributed by atoms with E-state index in [4.69, 9.17) is 10.2 Å². The second-order valence-corrected chi connectivity index (χ2v) is 6.80. The minimum absolute atomic E-state index is 0.0467. The maximum absolute atomic E-state index is 12.0. The number of nitrogens with one attached hydrogen (secondary N) is 1. The molecule has 0 atom stereocenters. The molecule has 1 saturated heterocycles. The monoisotopic (exact) mass is 362 g/mol. The Morgan fingerprint density at radius 1 is 1.22 bits per heavy atom. The summed E-state index contributed by atoms with van der Waals surface area (Å²) in [6.07, 6.45) is 3.61. The van der Waals surface area contributed by atoms with Gasteiger partial charge in [0, 0.05) is 50.0 Å². The van der Waals surface area contributed by atoms with E-state index in [9.17, 15) is 4.79 Å². The van der Waals surface area contributed by atoms with Crippen LogP contribution in [-0.2, 0) is 11.2 Å². The number of aromatic nitrogens is 2. The fourth-order valence-electron chi connectivity index (χ4n) is 3.77. The number of carbonyl (C=O) groups excluding carboxylic acids is 1. The fourth-order valence-corrected chi connectivity index (χ4v) is 3.77. The van der Waals surface area contributed by atoms with Gasteiger partial charge in [-0.3, -0.25) is 4.79 Å². The smallest absolute Gasteiger partial charge is 0.236 e. The number of carbonyl (C=O) groups is 1. The number of pyridine rings is 2. The normalized spacial score (nSPS) is 16.3. The molecule has 0 aromatic carbocycles. The second-order valence-electron chi connectivity index (χ2n) is 6.80. The van der Waals surface area contributed by atoms with Gasteiger partial charge in [-0.2, -0.15) is 5.26 Å². The lowest BCUT2D eigenvalue weighted by Crippen LogP contribution is -2.35. The van der Waals surface area contributed by atoms with Crippen molar-refractivity contribution in [1.29, 1.82) is 5.26 Å². The molecule has 0 radical (unpaired) electrons. The molecular formula is C20H22N6O. The lowest BCUT2D eigenvalue weighted by Gasteiger charge is -2.23. The molecule has 4 heterocycles. The highest BCUT2D eigenvalue weighted by Gasteiger charge is 2.21.